The molecule has 0 heterocycles. The summed E-state index contributed by atoms with van der Waals surface area (Å²) in [6.07, 6.45) is 7.87. The van der Waals surface area contributed by atoms with Gasteiger partial charge >= 0.3 is 0 Å². The third-order valence-electron chi connectivity index (χ3n) is 3.92. The van der Waals surface area contributed by atoms with E-state index in [-0.39, 0.29) is 0 Å². The predicted molar refractivity (Wildman–Crippen MR) is 76.1 cm³/mol. The van der Waals surface area contributed by atoms with Crippen LogP contribution < -0.4 is 5.32 Å². The molecule has 0 aromatic carbocycles. The van der Waals surface area contributed by atoms with E-state index in [0.29, 0.717) is 0 Å². The molecule has 16 heavy (non-hydrogen) atoms. The van der Waals surface area contributed by atoms with E-state index in [2.05, 4.69) is 32.3 Å². The molecule has 1 fully saturated rings. The maximum absolute atomic E-state index is 3.75. The fraction of sp³-hybridized carbons (Fsp3) is 1.00. The Balaban J connectivity index is 2.12. The highest BCUT2D eigenvalue weighted by Gasteiger charge is 2.22. The van der Waals surface area contributed by atoms with Crippen molar-refractivity contribution >= 4 is 11.8 Å². The molecule has 1 aliphatic carbocycles. The van der Waals surface area contributed by atoms with Gasteiger partial charge in [0.15, 0.2) is 0 Å². The maximum atomic E-state index is 3.75. The Kier molecular flexibility index (Phi) is 6.83. The van der Waals surface area contributed by atoms with Crippen LogP contribution in [0.1, 0.15) is 46.5 Å². The predicted octanol–water partition coefficient (Wildman–Crippen LogP) is 3.79. The van der Waals surface area contributed by atoms with Gasteiger partial charge in [-0.3, -0.25) is 0 Å². The molecule has 2 heteroatoms. The van der Waals surface area contributed by atoms with Crippen LogP contribution in [0.2, 0.25) is 0 Å². The third kappa shape index (κ3) is 5.09. The van der Waals surface area contributed by atoms with Crippen LogP contribution in [0.4, 0.5) is 0 Å². The quantitative estimate of drug-likeness (QED) is 0.762. The van der Waals surface area contributed by atoms with Crippen LogP contribution in [-0.4, -0.2) is 24.6 Å². The summed E-state index contributed by atoms with van der Waals surface area (Å²) >= 11 is 1.96. The summed E-state index contributed by atoms with van der Waals surface area (Å²) in [5.74, 6) is 3.98. The molecule has 96 valence electrons. The summed E-state index contributed by atoms with van der Waals surface area (Å²) in [6, 6.07) is 0.805. The zero-order valence-electron chi connectivity index (χ0n) is 11.5. The van der Waals surface area contributed by atoms with E-state index in [0.717, 1.165) is 23.8 Å². The van der Waals surface area contributed by atoms with E-state index in [1.165, 1.54) is 38.0 Å². The van der Waals surface area contributed by atoms with Crippen molar-refractivity contribution in [3.63, 3.8) is 0 Å². The molecule has 0 bridgehead atoms. The van der Waals surface area contributed by atoms with E-state index in [1.807, 2.05) is 11.8 Å². The molecular formula is C14H29NS. The van der Waals surface area contributed by atoms with E-state index < -0.39 is 0 Å². The van der Waals surface area contributed by atoms with E-state index in [4.69, 9.17) is 0 Å². The van der Waals surface area contributed by atoms with Gasteiger partial charge in [-0.15, -0.1) is 0 Å². The number of rotatable bonds is 6. The highest BCUT2D eigenvalue weighted by atomic mass is 32.2. The number of thioether (sulfide) groups is 1. The number of hydrogen-bond acceptors (Lipinski definition) is 2. The van der Waals surface area contributed by atoms with Crippen LogP contribution in [0, 0.1) is 17.8 Å². The Labute approximate surface area is 106 Å². The summed E-state index contributed by atoms with van der Waals surface area (Å²) in [7, 11) is 0. The molecule has 0 amide bonds. The van der Waals surface area contributed by atoms with Gasteiger partial charge in [-0.1, -0.05) is 20.8 Å². The minimum atomic E-state index is 0.805. The van der Waals surface area contributed by atoms with E-state index in [1.54, 1.807) is 0 Å². The molecule has 0 aliphatic heterocycles. The van der Waals surface area contributed by atoms with Crippen molar-refractivity contribution in [2.75, 3.05) is 18.6 Å². The van der Waals surface area contributed by atoms with E-state index >= 15 is 0 Å². The average molecular weight is 243 g/mol. The van der Waals surface area contributed by atoms with Gasteiger partial charge in [0.2, 0.25) is 0 Å². The zero-order chi connectivity index (χ0) is 12.0. The van der Waals surface area contributed by atoms with Gasteiger partial charge in [0.25, 0.3) is 0 Å². The van der Waals surface area contributed by atoms with Crippen LogP contribution in [-0.2, 0) is 0 Å². The van der Waals surface area contributed by atoms with Crippen molar-refractivity contribution in [2.45, 2.75) is 52.5 Å². The number of hydrogen-bond donors (Lipinski definition) is 1. The van der Waals surface area contributed by atoms with Crippen molar-refractivity contribution in [3.8, 4) is 0 Å². The molecule has 0 aromatic heterocycles. The van der Waals surface area contributed by atoms with Gasteiger partial charge in [-0.05, 0) is 62.0 Å². The van der Waals surface area contributed by atoms with Gasteiger partial charge in [-0.25, -0.2) is 0 Å². The average Bonchev–Trinajstić information content (AvgIpc) is 2.27. The Hall–Kier alpha value is 0.310. The van der Waals surface area contributed by atoms with Crippen molar-refractivity contribution < 1.29 is 0 Å². The van der Waals surface area contributed by atoms with Gasteiger partial charge in [-0.2, -0.15) is 11.8 Å². The zero-order valence-corrected chi connectivity index (χ0v) is 12.3. The topological polar surface area (TPSA) is 12.0 Å². The van der Waals surface area contributed by atoms with Crippen LogP contribution in [0.3, 0.4) is 0 Å². The summed E-state index contributed by atoms with van der Waals surface area (Å²) < 4.78 is 0. The first-order valence-electron chi connectivity index (χ1n) is 6.85. The van der Waals surface area contributed by atoms with Crippen molar-refractivity contribution in [3.05, 3.63) is 0 Å². The van der Waals surface area contributed by atoms with Crippen LogP contribution in [0.5, 0.6) is 0 Å². The molecule has 1 N–H and O–H groups in total. The van der Waals surface area contributed by atoms with E-state index in [9.17, 15) is 0 Å². The molecule has 1 saturated carbocycles. The Morgan fingerprint density at radius 3 is 2.25 bits per heavy atom. The summed E-state index contributed by atoms with van der Waals surface area (Å²) in [5, 5.41) is 3.75. The monoisotopic (exact) mass is 243 g/mol. The van der Waals surface area contributed by atoms with Gasteiger partial charge in [0.05, 0.1) is 0 Å². The normalized spacial score (nSPS) is 28.3. The van der Waals surface area contributed by atoms with Gasteiger partial charge in [0.1, 0.15) is 0 Å². The van der Waals surface area contributed by atoms with Crippen LogP contribution in [0.25, 0.3) is 0 Å². The lowest BCUT2D eigenvalue weighted by atomic mass is 9.79. The molecule has 0 aromatic rings. The smallest absolute Gasteiger partial charge is 0.00673 e. The standard InChI is InChI=1S/C14H29NS/c1-11(2)13-5-7-14(8-6-13)15-9-12(3)10-16-4/h11-15H,5-10H2,1-4H3. The molecule has 1 rings (SSSR count). The lowest BCUT2D eigenvalue weighted by Crippen LogP contribution is -2.37. The number of nitrogens with one attached hydrogen (secondary N) is 1. The summed E-state index contributed by atoms with van der Waals surface area (Å²) in [4.78, 5) is 0. The Morgan fingerprint density at radius 2 is 1.75 bits per heavy atom. The molecule has 0 saturated heterocycles. The molecule has 1 unspecified atom stereocenters. The Morgan fingerprint density at radius 1 is 1.12 bits per heavy atom. The molecular weight excluding hydrogens is 214 g/mol. The minimum absolute atomic E-state index is 0.805. The second-order valence-corrected chi connectivity index (χ2v) is 6.74. The molecule has 1 atom stereocenters. The highest BCUT2D eigenvalue weighted by molar-refractivity contribution is 7.98. The van der Waals surface area contributed by atoms with Gasteiger partial charge in [0, 0.05) is 6.04 Å². The van der Waals surface area contributed by atoms with Crippen LogP contribution in [0.15, 0.2) is 0 Å². The third-order valence-corrected chi connectivity index (χ3v) is 4.82. The largest absolute Gasteiger partial charge is 0.314 e. The van der Waals surface area contributed by atoms with Crippen LogP contribution >= 0.6 is 11.8 Å². The summed E-state index contributed by atoms with van der Waals surface area (Å²) in [6.45, 7) is 8.30. The first kappa shape index (κ1) is 14.4. The second-order valence-electron chi connectivity index (χ2n) is 5.82. The van der Waals surface area contributed by atoms with Crippen molar-refractivity contribution in [1.29, 1.82) is 0 Å². The molecule has 0 radical (unpaired) electrons. The van der Waals surface area contributed by atoms with Gasteiger partial charge < -0.3 is 5.32 Å². The highest BCUT2D eigenvalue weighted by Crippen LogP contribution is 2.29. The van der Waals surface area contributed by atoms with Crippen molar-refractivity contribution in [1.82, 2.24) is 5.32 Å². The first-order valence-corrected chi connectivity index (χ1v) is 8.25. The Bertz CT molecular complexity index is 174. The molecule has 0 spiro atoms. The SMILES string of the molecule is CSCC(C)CNC1CCC(C(C)C)CC1. The second kappa shape index (κ2) is 7.60. The fourth-order valence-corrected chi connectivity index (χ4v) is 3.39. The fourth-order valence-electron chi connectivity index (χ4n) is 2.70. The summed E-state index contributed by atoms with van der Waals surface area (Å²) in [5.41, 5.74) is 0. The lowest BCUT2D eigenvalue weighted by molar-refractivity contribution is 0.236. The first-order chi connectivity index (χ1) is 7.63. The molecule has 1 aliphatic rings. The minimum Gasteiger partial charge on any atom is -0.314 e. The maximum Gasteiger partial charge on any atom is 0.00673 e. The van der Waals surface area contributed by atoms with Crippen molar-refractivity contribution in [2.24, 2.45) is 17.8 Å². The molecule has 1 nitrogen and oxygen atoms in total. The lowest BCUT2D eigenvalue weighted by Gasteiger charge is -2.32.